The number of hydrogen-bond acceptors (Lipinski definition) is 4. The van der Waals surface area contributed by atoms with E-state index < -0.39 is 17.8 Å². The summed E-state index contributed by atoms with van der Waals surface area (Å²) in [6.45, 7) is 5.55. The lowest BCUT2D eigenvalue weighted by Gasteiger charge is -2.11. The maximum atomic E-state index is 11.8. The third-order valence-corrected chi connectivity index (χ3v) is 2.78. The van der Waals surface area contributed by atoms with Crippen molar-refractivity contribution in [3.05, 3.63) is 34.3 Å². The van der Waals surface area contributed by atoms with Crippen molar-refractivity contribution < 1.29 is 13.9 Å². The molecule has 0 aliphatic heterocycles. The van der Waals surface area contributed by atoms with Crippen LogP contribution < -0.4 is 5.76 Å². The van der Waals surface area contributed by atoms with E-state index in [1.54, 1.807) is 19.9 Å². The van der Waals surface area contributed by atoms with Gasteiger partial charge in [0.2, 0.25) is 0 Å². The summed E-state index contributed by atoms with van der Waals surface area (Å²) in [6, 6.07) is 4.70. The number of fused-ring (bicyclic) bond motifs is 1. The number of rotatable bonds is 3. The van der Waals surface area contributed by atoms with E-state index in [1.807, 2.05) is 19.1 Å². The zero-order valence-corrected chi connectivity index (χ0v) is 10.6. The van der Waals surface area contributed by atoms with Crippen molar-refractivity contribution in [2.45, 2.75) is 26.8 Å². The number of carbonyl (C=O) groups is 1. The standard InChI is InChI=1S/C13H15NO4/c1-4-17-12(15)9(3)14-10-7-8(2)5-6-11(10)18-13(14)16/h5-7,9H,4H2,1-3H3. The molecule has 0 spiro atoms. The number of ether oxygens (including phenoxy) is 1. The van der Waals surface area contributed by atoms with Gasteiger partial charge in [0.05, 0.1) is 12.1 Å². The van der Waals surface area contributed by atoms with Gasteiger partial charge < -0.3 is 9.15 Å². The number of nitrogens with zero attached hydrogens (tertiary/aromatic N) is 1. The molecular formula is C13H15NO4. The van der Waals surface area contributed by atoms with Crippen molar-refractivity contribution in [3.63, 3.8) is 0 Å². The molecule has 0 amide bonds. The molecule has 1 unspecified atom stereocenters. The molecule has 5 heteroatoms. The van der Waals surface area contributed by atoms with Gasteiger partial charge in [-0.2, -0.15) is 0 Å². The molecule has 2 aromatic rings. The third kappa shape index (κ3) is 2.03. The van der Waals surface area contributed by atoms with Crippen molar-refractivity contribution in [2.75, 3.05) is 6.61 Å². The molecule has 1 aromatic heterocycles. The van der Waals surface area contributed by atoms with Crippen LogP contribution >= 0.6 is 0 Å². The number of aryl methyl sites for hydroxylation is 1. The minimum atomic E-state index is -0.694. The Labute approximate surface area is 104 Å². The lowest BCUT2D eigenvalue weighted by Crippen LogP contribution is -2.26. The second-order valence-electron chi connectivity index (χ2n) is 4.14. The molecule has 0 bridgehead atoms. The van der Waals surface area contributed by atoms with E-state index in [4.69, 9.17) is 9.15 Å². The molecule has 0 N–H and O–H groups in total. The predicted octanol–water partition coefficient (Wildman–Crippen LogP) is 2.03. The highest BCUT2D eigenvalue weighted by molar-refractivity contribution is 5.79. The lowest BCUT2D eigenvalue weighted by atomic mass is 10.2. The maximum absolute atomic E-state index is 11.8. The van der Waals surface area contributed by atoms with Gasteiger partial charge in [0.1, 0.15) is 6.04 Å². The van der Waals surface area contributed by atoms with Crippen molar-refractivity contribution in [3.8, 4) is 0 Å². The number of hydrogen-bond donors (Lipinski definition) is 0. The Morgan fingerprint density at radius 1 is 1.50 bits per heavy atom. The van der Waals surface area contributed by atoms with Gasteiger partial charge in [0.15, 0.2) is 5.58 Å². The first-order chi connectivity index (χ1) is 8.54. The highest BCUT2D eigenvalue weighted by atomic mass is 16.5. The Balaban J connectivity index is 2.56. The van der Waals surface area contributed by atoms with Crippen LogP contribution in [0.5, 0.6) is 0 Å². The van der Waals surface area contributed by atoms with Crippen molar-refractivity contribution in [1.82, 2.24) is 4.57 Å². The van der Waals surface area contributed by atoms with Crippen molar-refractivity contribution >= 4 is 17.1 Å². The summed E-state index contributed by atoms with van der Waals surface area (Å²) >= 11 is 0. The monoisotopic (exact) mass is 249 g/mol. The summed E-state index contributed by atoms with van der Waals surface area (Å²) in [5.41, 5.74) is 2.08. The summed E-state index contributed by atoms with van der Waals surface area (Å²) in [6.07, 6.45) is 0. The van der Waals surface area contributed by atoms with Gasteiger partial charge in [-0.25, -0.2) is 9.59 Å². The summed E-state index contributed by atoms with van der Waals surface area (Å²) < 4.78 is 11.3. The highest BCUT2D eigenvalue weighted by Gasteiger charge is 2.22. The summed E-state index contributed by atoms with van der Waals surface area (Å²) in [5, 5.41) is 0. The van der Waals surface area contributed by atoms with Gasteiger partial charge in [-0.1, -0.05) is 6.07 Å². The Kier molecular flexibility index (Phi) is 3.23. The topological polar surface area (TPSA) is 61.4 Å². The predicted molar refractivity (Wildman–Crippen MR) is 66.6 cm³/mol. The molecule has 0 saturated carbocycles. The molecule has 18 heavy (non-hydrogen) atoms. The summed E-state index contributed by atoms with van der Waals surface area (Å²) in [4.78, 5) is 23.5. The van der Waals surface area contributed by atoms with E-state index in [2.05, 4.69) is 0 Å². The van der Waals surface area contributed by atoms with E-state index in [9.17, 15) is 9.59 Å². The quantitative estimate of drug-likeness (QED) is 0.781. The number of aromatic nitrogens is 1. The number of oxazole rings is 1. The molecule has 0 fully saturated rings. The van der Waals surface area contributed by atoms with Gasteiger partial charge in [0.25, 0.3) is 0 Å². The highest BCUT2D eigenvalue weighted by Crippen LogP contribution is 2.19. The van der Waals surface area contributed by atoms with Crippen LogP contribution in [0.25, 0.3) is 11.1 Å². The van der Waals surface area contributed by atoms with Crippen LogP contribution in [0, 0.1) is 6.92 Å². The van der Waals surface area contributed by atoms with Crippen LogP contribution in [0.4, 0.5) is 0 Å². The Morgan fingerprint density at radius 2 is 2.22 bits per heavy atom. The van der Waals surface area contributed by atoms with Crippen molar-refractivity contribution in [1.29, 1.82) is 0 Å². The molecule has 1 atom stereocenters. The Hall–Kier alpha value is -2.04. The van der Waals surface area contributed by atoms with Gasteiger partial charge in [0, 0.05) is 0 Å². The minimum absolute atomic E-state index is 0.284. The molecular weight excluding hydrogens is 234 g/mol. The van der Waals surface area contributed by atoms with Crippen LogP contribution in [0.15, 0.2) is 27.4 Å². The number of benzene rings is 1. The largest absolute Gasteiger partial charge is 0.464 e. The SMILES string of the molecule is CCOC(=O)C(C)n1c(=O)oc2ccc(C)cc21. The molecule has 0 aliphatic rings. The van der Waals surface area contributed by atoms with Gasteiger partial charge in [-0.15, -0.1) is 0 Å². The van der Waals surface area contributed by atoms with E-state index in [-0.39, 0.29) is 6.61 Å². The van der Waals surface area contributed by atoms with Crippen molar-refractivity contribution in [2.24, 2.45) is 0 Å². The fourth-order valence-corrected chi connectivity index (χ4v) is 1.88. The third-order valence-electron chi connectivity index (χ3n) is 2.78. The fourth-order valence-electron chi connectivity index (χ4n) is 1.88. The molecule has 1 aromatic carbocycles. The van der Waals surface area contributed by atoms with Crippen LogP contribution in [0.2, 0.25) is 0 Å². The van der Waals surface area contributed by atoms with Crippen LogP contribution in [0.3, 0.4) is 0 Å². The number of carbonyl (C=O) groups excluding carboxylic acids is 1. The van der Waals surface area contributed by atoms with Gasteiger partial charge in [-0.3, -0.25) is 4.57 Å². The minimum Gasteiger partial charge on any atom is -0.464 e. The summed E-state index contributed by atoms with van der Waals surface area (Å²) in [7, 11) is 0. The molecule has 1 heterocycles. The van der Waals surface area contributed by atoms with Gasteiger partial charge >= 0.3 is 11.7 Å². The first-order valence-electron chi connectivity index (χ1n) is 5.83. The second-order valence-corrected chi connectivity index (χ2v) is 4.14. The van der Waals surface area contributed by atoms with E-state index in [0.717, 1.165) is 5.56 Å². The second kappa shape index (κ2) is 4.68. The Bertz CT molecular complexity index is 638. The number of esters is 1. The van der Waals surface area contributed by atoms with E-state index >= 15 is 0 Å². The van der Waals surface area contributed by atoms with Crippen LogP contribution in [-0.4, -0.2) is 17.1 Å². The summed E-state index contributed by atoms with van der Waals surface area (Å²) in [5.74, 6) is -0.986. The maximum Gasteiger partial charge on any atom is 0.420 e. The van der Waals surface area contributed by atoms with Crippen LogP contribution in [0.1, 0.15) is 25.5 Å². The molecule has 5 nitrogen and oxygen atoms in total. The lowest BCUT2D eigenvalue weighted by molar-refractivity contribution is -0.146. The molecule has 0 aliphatic carbocycles. The normalized spacial score (nSPS) is 12.6. The first kappa shape index (κ1) is 12.4. The average molecular weight is 249 g/mol. The van der Waals surface area contributed by atoms with E-state index in [0.29, 0.717) is 11.1 Å². The first-order valence-corrected chi connectivity index (χ1v) is 5.83. The average Bonchev–Trinajstić information content (AvgIpc) is 2.64. The zero-order valence-electron chi connectivity index (χ0n) is 10.6. The Morgan fingerprint density at radius 3 is 2.89 bits per heavy atom. The molecule has 0 saturated heterocycles. The van der Waals surface area contributed by atoms with Crippen LogP contribution in [-0.2, 0) is 9.53 Å². The zero-order chi connectivity index (χ0) is 13.3. The molecule has 2 rings (SSSR count). The fraction of sp³-hybridized carbons (Fsp3) is 0.385. The molecule has 0 radical (unpaired) electrons. The van der Waals surface area contributed by atoms with Gasteiger partial charge in [-0.05, 0) is 38.5 Å². The van der Waals surface area contributed by atoms with E-state index in [1.165, 1.54) is 4.57 Å². The molecule has 96 valence electrons. The smallest absolute Gasteiger partial charge is 0.420 e.